The second kappa shape index (κ2) is 4.56. The number of ether oxygens (including phenoxy) is 1. The third kappa shape index (κ3) is 2.20. The zero-order chi connectivity index (χ0) is 13.2. The fourth-order valence-electron chi connectivity index (χ4n) is 2.02. The lowest BCUT2D eigenvalue weighted by atomic mass is 9.99. The van der Waals surface area contributed by atoms with Crippen molar-refractivity contribution in [1.82, 2.24) is 15.6 Å². The van der Waals surface area contributed by atoms with Crippen molar-refractivity contribution in [3.8, 4) is 11.1 Å². The SMILES string of the molecule is Cc1cc(C2=NNC(=O)OC2)ccc1-c1cn[nH]c1. The molecule has 6 heteroatoms. The summed E-state index contributed by atoms with van der Waals surface area (Å²) in [7, 11) is 0. The minimum absolute atomic E-state index is 0.191. The van der Waals surface area contributed by atoms with E-state index in [1.165, 1.54) is 0 Å². The van der Waals surface area contributed by atoms with Gasteiger partial charge >= 0.3 is 6.09 Å². The lowest BCUT2D eigenvalue weighted by Gasteiger charge is -2.14. The van der Waals surface area contributed by atoms with Gasteiger partial charge < -0.3 is 4.74 Å². The van der Waals surface area contributed by atoms with Crippen molar-refractivity contribution < 1.29 is 9.53 Å². The summed E-state index contributed by atoms with van der Waals surface area (Å²) in [5.74, 6) is 0. The van der Waals surface area contributed by atoms with Gasteiger partial charge in [0.2, 0.25) is 0 Å². The first-order valence-corrected chi connectivity index (χ1v) is 5.83. The number of carbonyl (C=O) groups excluding carboxylic acids is 1. The maximum Gasteiger partial charge on any atom is 0.428 e. The summed E-state index contributed by atoms with van der Waals surface area (Å²) in [6, 6.07) is 5.98. The van der Waals surface area contributed by atoms with Gasteiger partial charge in [-0.1, -0.05) is 12.1 Å². The van der Waals surface area contributed by atoms with E-state index in [1.807, 2.05) is 31.3 Å². The highest BCUT2D eigenvalue weighted by Gasteiger charge is 2.15. The highest BCUT2D eigenvalue weighted by molar-refractivity contribution is 6.04. The van der Waals surface area contributed by atoms with Gasteiger partial charge in [0.25, 0.3) is 0 Å². The molecule has 0 fully saturated rings. The zero-order valence-corrected chi connectivity index (χ0v) is 10.3. The van der Waals surface area contributed by atoms with Gasteiger partial charge in [-0.3, -0.25) is 5.10 Å². The molecule has 2 aromatic rings. The number of H-pyrrole nitrogens is 1. The number of nitrogens with zero attached hydrogens (tertiary/aromatic N) is 2. The number of aryl methyl sites for hydroxylation is 1. The van der Waals surface area contributed by atoms with Gasteiger partial charge in [0.1, 0.15) is 12.3 Å². The number of aromatic nitrogens is 2. The normalized spacial score (nSPS) is 14.6. The average Bonchev–Trinajstić information content (AvgIpc) is 2.93. The first-order valence-electron chi connectivity index (χ1n) is 5.83. The van der Waals surface area contributed by atoms with Crippen LogP contribution in [0.1, 0.15) is 11.1 Å². The first-order chi connectivity index (χ1) is 9.24. The van der Waals surface area contributed by atoms with Gasteiger partial charge in [-0.2, -0.15) is 10.2 Å². The number of nitrogens with one attached hydrogen (secondary N) is 2. The van der Waals surface area contributed by atoms with Crippen LogP contribution < -0.4 is 5.43 Å². The molecule has 19 heavy (non-hydrogen) atoms. The van der Waals surface area contributed by atoms with Crippen LogP contribution in [0.15, 0.2) is 35.7 Å². The molecule has 2 heterocycles. The highest BCUT2D eigenvalue weighted by Crippen LogP contribution is 2.23. The Morgan fingerprint density at radius 3 is 2.84 bits per heavy atom. The van der Waals surface area contributed by atoms with Crippen molar-refractivity contribution in [3.05, 3.63) is 41.7 Å². The van der Waals surface area contributed by atoms with E-state index in [0.717, 1.165) is 22.3 Å². The smallest absolute Gasteiger partial charge is 0.428 e. The molecule has 0 unspecified atom stereocenters. The number of benzene rings is 1. The number of cyclic esters (lactones) is 1. The fourth-order valence-corrected chi connectivity index (χ4v) is 2.02. The summed E-state index contributed by atoms with van der Waals surface area (Å²) in [6.45, 7) is 2.21. The average molecular weight is 256 g/mol. The highest BCUT2D eigenvalue weighted by atomic mass is 16.6. The number of amides is 1. The van der Waals surface area contributed by atoms with E-state index in [9.17, 15) is 4.79 Å². The minimum Gasteiger partial charge on any atom is -0.442 e. The zero-order valence-electron chi connectivity index (χ0n) is 10.3. The van der Waals surface area contributed by atoms with Gasteiger partial charge in [0.15, 0.2) is 0 Å². The van der Waals surface area contributed by atoms with Crippen molar-refractivity contribution in [2.75, 3.05) is 6.61 Å². The third-order valence-electron chi connectivity index (χ3n) is 2.99. The molecule has 0 saturated carbocycles. The molecular weight excluding hydrogens is 244 g/mol. The molecule has 0 saturated heterocycles. The number of rotatable bonds is 2. The maximum absolute atomic E-state index is 10.9. The van der Waals surface area contributed by atoms with E-state index in [4.69, 9.17) is 4.74 Å². The Hall–Kier alpha value is -2.63. The Morgan fingerprint density at radius 2 is 2.21 bits per heavy atom. The van der Waals surface area contributed by atoms with Crippen LogP contribution in [0.5, 0.6) is 0 Å². The number of carbonyl (C=O) groups is 1. The van der Waals surface area contributed by atoms with Crippen LogP contribution in [-0.2, 0) is 4.74 Å². The molecule has 96 valence electrons. The molecule has 1 aliphatic heterocycles. The standard InChI is InChI=1S/C13H12N4O2/c1-8-4-9(12-7-19-13(18)17-16-12)2-3-11(8)10-5-14-15-6-10/h2-6H,7H2,1H3,(H,14,15)(H,17,18). The van der Waals surface area contributed by atoms with Crippen LogP contribution in [0.4, 0.5) is 4.79 Å². The monoisotopic (exact) mass is 256 g/mol. The van der Waals surface area contributed by atoms with E-state index >= 15 is 0 Å². The molecule has 1 amide bonds. The number of hydrogen-bond donors (Lipinski definition) is 2. The van der Waals surface area contributed by atoms with E-state index in [2.05, 4.69) is 20.7 Å². The summed E-state index contributed by atoms with van der Waals surface area (Å²) in [4.78, 5) is 10.9. The predicted molar refractivity (Wildman–Crippen MR) is 69.8 cm³/mol. The van der Waals surface area contributed by atoms with Crippen molar-refractivity contribution >= 4 is 11.8 Å². The quantitative estimate of drug-likeness (QED) is 0.860. The van der Waals surface area contributed by atoms with Crippen molar-refractivity contribution in [1.29, 1.82) is 0 Å². The second-order valence-corrected chi connectivity index (χ2v) is 4.26. The van der Waals surface area contributed by atoms with Gasteiger partial charge in [-0.05, 0) is 24.1 Å². The van der Waals surface area contributed by atoms with Gasteiger partial charge in [0.05, 0.1) is 6.20 Å². The van der Waals surface area contributed by atoms with Crippen LogP contribution in [0.2, 0.25) is 0 Å². The molecule has 0 atom stereocenters. The summed E-state index contributed by atoms with van der Waals surface area (Å²) in [5.41, 5.74) is 7.21. The molecule has 1 aliphatic rings. The van der Waals surface area contributed by atoms with Crippen molar-refractivity contribution in [3.63, 3.8) is 0 Å². The summed E-state index contributed by atoms with van der Waals surface area (Å²) >= 11 is 0. The number of hydrazone groups is 1. The van der Waals surface area contributed by atoms with Crippen LogP contribution in [0.25, 0.3) is 11.1 Å². The molecule has 0 bridgehead atoms. The Morgan fingerprint density at radius 1 is 1.32 bits per heavy atom. The molecular formula is C13H12N4O2. The minimum atomic E-state index is -0.518. The molecule has 0 radical (unpaired) electrons. The lowest BCUT2D eigenvalue weighted by Crippen LogP contribution is -2.30. The van der Waals surface area contributed by atoms with Crippen molar-refractivity contribution in [2.45, 2.75) is 6.92 Å². The third-order valence-corrected chi connectivity index (χ3v) is 2.99. The number of hydrogen-bond acceptors (Lipinski definition) is 4. The van der Waals surface area contributed by atoms with Crippen LogP contribution in [0.3, 0.4) is 0 Å². The second-order valence-electron chi connectivity index (χ2n) is 4.26. The van der Waals surface area contributed by atoms with Crippen LogP contribution >= 0.6 is 0 Å². The van der Waals surface area contributed by atoms with E-state index in [0.29, 0.717) is 5.71 Å². The molecule has 0 aliphatic carbocycles. The molecule has 3 rings (SSSR count). The Labute approximate surface area is 109 Å². The molecule has 1 aromatic carbocycles. The van der Waals surface area contributed by atoms with E-state index in [-0.39, 0.29) is 6.61 Å². The van der Waals surface area contributed by atoms with Crippen molar-refractivity contribution in [2.24, 2.45) is 5.10 Å². The largest absolute Gasteiger partial charge is 0.442 e. The molecule has 6 nitrogen and oxygen atoms in total. The maximum atomic E-state index is 10.9. The Kier molecular flexibility index (Phi) is 2.75. The molecule has 0 spiro atoms. The fraction of sp³-hybridized carbons (Fsp3) is 0.154. The number of aromatic amines is 1. The Balaban J connectivity index is 1.94. The molecule has 2 N–H and O–H groups in total. The topological polar surface area (TPSA) is 79.4 Å². The van der Waals surface area contributed by atoms with Gasteiger partial charge in [-0.15, -0.1) is 0 Å². The summed E-state index contributed by atoms with van der Waals surface area (Å²) in [6.07, 6.45) is 3.11. The molecule has 1 aromatic heterocycles. The summed E-state index contributed by atoms with van der Waals surface area (Å²) < 4.78 is 4.89. The first kappa shape index (κ1) is 11.5. The van der Waals surface area contributed by atoms with Gasteiger partial charge in [-0.25, -0.2) is 10.2 Å². The van der Waals surface area contributed by atoms with E-state index < -0.39 is 6.09 Å². The summed E-state index contributed by atoms with van der Waals surface area (Å²) in [5, 5.41) is 10.7. The predicted octanol–water partition coefficient (Wildman–Crippen LogP) is 1.83. The lowest BCUT2D eigenvalue weighted by molar-refractivity contribution is 0.157. The van der Waals surface area contributed by atoms with E-state index in [1.54, 1.807) is 6.20 Å². The van der Waals surface area contributed by atoms with Gasteiger partial charge in [0, 0.05) is 17.3 Å². The van der Waals surface area contributed by atoms with Crippen LogP contribution in [-0.4, -0.2) is 28.6 Å². The Bertz CT molecular complexity index is 647. The van der Waals surface area contributed by atoms with Crippen LogP contribution in [0, 0.1) is 6.92 Å².